The van der Waals surface area contributed by atoms with Crippen molar-refractivity contribution in [2.75, 3.05) is 24.9 Å². The summed E-state index contributed by atoms with van der Waals surface area (Å²) in [6.45, 7) is 0.465. The van der Waals surface area contributed by atoms with Crippen molar-refractivity contribution in [3.8, 4) is 0 Å². The zero-order valence-electron chi connectivity index (χ0n) is 18.7. The number of rotatable bonds is 6. The fourth-order valence-corrected chi connectivity index (χ4v) is 5.81. The Kier molecular flexibility index (Phi) is 7.35. The number of hydrogen-bond donors (Lipinski definition) is 1. The molecule has 1 atom stereocenters. The molecule has 0 aromatic heterocycles. The lowest BCUT2D eigenvalue weighted by Crippen LogP contribution is -2.41. The van der Waals surface area contributed by atoms with Crippen molar-refractivity contribution in [3.63, 3.8) is 0 Å². The number of hydrogen-bond acceptors (Lipinski definition) is 5. The van der Waals surface area contributed by atoms with Crippen molar-refractivity contribution in [3.05, 3.63) is 92.9 Å². The Morgan fingerprint density at radius 1 is 0.971 bits per heavy atom. The lowest BCUT2D eigenvalue weighted by molar-refractivity contribution is -0.147. The topological polar surface area (TPSA) is 92.8 Å². The molecule has 1 aliphatic heterocycles. The Bertz CT molecular complexity index is 1360. The van der Waals surface area contributed by atoms with Gasteiger partial charge >= 0.3 is 5.97 Å². The van der Waals surface area contributed by atoms with Gasteiger partial charge in [0.05, 0.1) is 12.0 Å². The third-order valence-corrected chi connectivity index (χ3v) is 8.45. The third-order valence-electron chi connectivity index (χ3n) is 6.02. The SMILES string of the molecule is COC(=O)C1(c2ccc(Br)cc2)CCN(C(=O)c2cccc(S(=O)(=O)Nc3ccc(Br)cc3)c2)C1. The summed E-state index contributed by atoms with van der Waals surface area (Å²) in [4.78, 5) is 27.7. The van der Waals surface area contributed by atoms with Crippen molar-refractivity contribution in [2.24, 2.45) is 0 Å². The summed E-state index contributed by atoms with van der Waals surface area (Å²) < 4.78 is 35.2. The minimum Gasteiger partial charge on any atom is -0.468 e. The van der Waals surface area contributed by atoms with Crippen LogP contribution in [0.15, 0.2) is 86.6 Å². The number of esters is 1. The van der Waals surface area contributed by atoms with Gasteiger partial charge in [-0.2, -0.15) is 0 Å². The Balaban J connectivity index is 1.58. The van der Waals surface area contributed by atoms with Crippen LogP contribution in [0.5, 0.6) is 0 Å². The second kappa shape index (κ2) is 10.1. The van der Waals surface area contributed by atoms with E-state index in [1.54, 1.807) is 35.2 Å². The molecule has 0 aliphatic carbocycles. The highest BCUT2D eigenvalue weighted by atomic mass is 79.9. The molecule has 35 heavy (non-hydrogen) atoms. The summed E-state index contributed by atoms with van der Waals surface area (Å²) in [5.74, 6) is -0.765. The molecule has 1 unspecified atom stereocenters. The van der Waals surface area contributed by atoms with Gasteiger partial charge in [-0.05, 0) is 66.6 Å². The van der Waals surface area contributed by atoms with E-state index >= 15 is 0 Å². The summed E-state index contributed by atoms with van der Waals surface area (Å²) in [6, 6.07) is 20.0. The van der Waals surface area contributed by atoms with Crippen LogP contribution < -0.4 is 4.72 Å². The third kappa shape index (κ3) is 5.29. The van der Waals surface area contributed by atoms with Gasteiger partial charge in [-0.15, -0.1) is 0 Å². The summed E-state index contributed by atoms with van der Waals surface area (Å²) >= 11 is 6.72. The molecule has 0 radical (unpaired) electrons. The fraction of sp³-hybridized carbons (Fsp3) is 0.200. The van der Waals surface area contributed by atoms with Gasteiger partial charge in [0.25, 0.3) is 15.9 Å². The van der Waals surface area contributed by atoms with Crippen LogP contribution in [0.1, 0.15) is 22.3 Å². The van der Waals surface area contributed by atoms with Gasteiger partial charge in [-0.25, -0.2) is 8.42 Å². The average Bonchev–Trinajstić information content (AvgIpc) is 3.31. The highest BCUT2D eigenvalue weighted by molar-refractivity contribution is 9.10. The molecule has 0 saturated carbocycles. The predicted molar refractivity (Wildman–Crippen MR) is 140 cm³/mol. The maximum atomic E-state index is 13.4. The van der Waals surface area contributed by atoms with Crippen molar-refractivity contribution in [1.82, 2.24) is 4.90 Å². The summed E-state index contributed by atoms with van der Waals surface area (Å²) in [6.07, 6.45) is 0.399. The van der Waals surface area contributed by atoms with Crippen LogP contribution in [-0.4, -0.2) is 45.4 Å². The number of likely N-dealkylation sites (tertiary alicyclic amines) is 1. The molecule has 0 spiro atoms. The van der Waals surface area contributed by atoms with Crippen molar-refractivity contribution >= 4 is 59.4 Å². The predicted octanol–water partition coefficient (Wildman–Crippen LogP) is 4.97. The molecule has 1 amide bonds. The lowest BCUT2D eigenvalue weighted by Gasteiger charge is -2.27. The maximum absolute atomic E-state index is 13.4. The molecule has 3 aromatic carbocycles. The summed E-state index contributed by atoms with van der Waals surface area (Å²) in [5, 5.41) is 0. The van der Waals surface area contributed by atoms with E-state index in [9.17, 15) is 18.0 Å². The van der Waals surface area contributed by atoms with Gasteiger partial charge in [0, 0.05) is 33.3 Å². The van der Waals surface area contributed by atoms with Crippen LogP contribution >= 0.6 is 31.9 Å². The molecule has 1 aliphatic rings. The number of carbonyl (C=O) groups is 2. The van der Waals surface area contributed by atoms with Crippen molar-refractivity contribution < 1.29 is 22.7 Å². The molecule has 1 saturated heterocycles. The molecular weight excluding hydrogens is 600 g/mol. The number of anilines is 1. The van der Waals surface area contributed by atoms with E-state index in [0.717, 1.165) is 14.5 Å². The molecule has 1 N–H and O–H groups in total. The Morgan fingerprint density at radius 2 is 1.60 bits per heavy atom. The average molecular weight is 622 g/mol. The largest absolute Gasteiger partial charge is 0.468 e. The van der Waals surface area contributed by atoms with Crippen molar-refractivity contribution in [1.29, 1.82) is 0 Å². The second-order valence-corrected chi connectivity index (χ2v) is 11.7. The van der Waals surface area contributed by atoms with E-state index in [0.29, 0.717) is 18.7 Å². The number of nitrogens with zero attached hydrogens (tertiary/aromatic N) is 1. The molecule has 1 heterocycles. The van der Waals surface area contributed by atoms with E-state index < -0.39 is 21.4 Å². The number of ether oxygens (including phenoxy) is 1. The van der Waals surface area contributed by atoms with E-state index in [1.807, 2.05) is 24.3 Å². The quantitative estimate of drug-likeness (QED) is 0.393. The second-order valence-electron chi connectivity index (χ2n) is 8.20. The van der Waals surface area contributed by atoms with Crippen LogP contribution in [0.25, 0.3) is 0 Å². The van der Waals surface area contributed by atoms with Crippen LogP contribution in [0.4, 0.5) is 5.69 Å². The van der Waals surface area contributed by atoms with Gasteiger partial charge in [-0.1, -0.05) is 50.1 Å². The first-order chi connectivity index (χ1) is 16.6. The van der Waals surface area contributed by atoms with Gasteiger partial charge in [0.15, 0.2) is 0 Å². The minimum absolute atomic E-state index is 0.0300. The maximum Gasteiger partial charge on any atom is 0.318 e. The van der Waals surface area contributed by atoms with Gasteiger partial charge in [-0.3, -0.25) is 14.3 Å². The first kappa shape index (κ1) is 25.4. The molecule has 3 aromatic rings. The van der Waals surface area contributed by atoms with E-state index in [2.05, 4.69) is 36.6 Å². The zero-order chi connectivity index (χ0) is 25.2. The number of sulfonamides is 1. The first-order valence-electron chi connectivity index (χ1n) is 10.7. The van der Waals surface area contributed by atoms with Crippen LogP contribution in [0.3, 0.4) is 0 Å². The first-order valence-corrected chi connectivity index (χ1v) is 13.7. The van der Waals surface area contributed by atoms with Crippen molar-refractivity contribution in [2.45, 2.75) is 16.7 Å². The Hall–Kier alpha value is -2.69. The van der Waals surface area contributed by atoms with Gasteiger partial charge in [0.1, 0.15) is 5.41 Å². The van der Waals surface area contributed by atoms with E-state index in [1.165, 1.54) is 25.3 Å². The number of amides is 1. The van der Waals surface area contributed by atoms with Gasteiger partial charge in [0.2, 0.25) is 0 Å². The van der Waals surface area contributed by atoms with Crippen LogP contribution in [0.2, 0.25) is 0 Å². The highest BCUT2D eigenvalue weighted by Gasteiger charge is 2.48. The number of carbonyl (C=O) groups excluding carboxylic acids is 2. The Morgan fingerprint density at radius 3 is 2.23 bits per heavy atom. The molecular formula is C25H22Br2N2O5S. The Labute approximate surface area is 220 Å². The van der Waals surface area contributed by atoms with Crippen LogP contribution in [-0.2, 0) is 25.0 Å². The molecule has 7 nitrogen and oxygen atoms in total. The monoisotopic (exact) mass is 620 g/mol. The van der Waals surface area contributed by atoms with E-state index in [-0.39, 0.29) is 22.9 Å². The molecule has 182 valence electrons. The number of nitrogens with one attached hydrogen (secondary N) is 1. The summed E-state index contributed by atoms with van der Waals surface area (Å²) in [5.41, 5.74) is 0.401. The molecule has 4 rings (SSSR count). The molecule has 10 heteroatoms. The van der Waals surface area contributed by atoms with Gasteiger partial charge < -0.3 is 9.64 Å². The standard InChI is InChI=1S/C25H22Br2N2O5S/c1-34-24(31)25(18-5-7-19(26)8-6-18)13-14-29(16-25)23(30)17-3-2-4-22(15-17)35(32,33)28-21-11-9-20(27)10-12-21/h2-12,15,28H,13-14,16H2,1H3. The summed E-state index contributed by atoms with van der Waals surface area (Å²) in [7, 11) is -2.57. The fourth-order valence-electron chi connectivity index (χ4n) is 4.18. The highest BCUT2D eigenvalue weighted by Crippen LogP contribution is 2.37. The normalized spacial score (nSPS) is 17.7. The molecule has 0 bridgehead atoms. The van der Waals surface area contributed by atoms with E-state index in [4.69, 9.17) is 4.74 Å². The molecule has 1 fully saturated rings. The number of methoxy groups -OCH3 is 1. The smallest absolute Gasteiger partial charge is 0.318 e. The number of benzene rings is 3. The van der Waals surface area contributed by atoms with Crippen LogP contribution in [0, 0.1) is 0 Å². The number of halogens is 2. The lowest BCUT2D eigenvalue weighted by atomic mass is 9.79. The minimum atomic E-state index is -3.91. The zero-order valence-corrected chi connectivity index (χ0v) is 22.7.